The number of ether oxygens (including phenoxy) is 1. The third-order valence-corrected chi connectivity index (χ3v) is 3.08. The Balaban J connectivity index is 2.00. The summed E-state index contributed by atoms with van der Waals surface area (Å²) in [6, 6.07) is 8.24. The van der Waals surface area contributed by atoms with Crippen LogP contribution in [0, 0.1) is 5.92 Å². The molecule has 0 aromatic heterocycles. The Kier molecular flexibility index (Phi) is 2.96. The van der Waals surface area contributed by atoms with E-state index in [1.54, 1.807) is 0 Å². The highest BCUT2D eigenvalue weighted by molar-refractivity contribution is 5.32. The number of aliphatic hydroxyl groups is 1. The zero-order chi connectivity index (χ0) is 10.8. The van der Waals surface area contributed by atoms with Crippen LogP contribution in [0.2, 0.25) is 0 Å². The van der Waals surface area contributed by atoms with Crippen molar-refractivity contribution in [3.63, 3.8) is 0 Å². The van der Waals surface area contributed by atoms with Crippen molar-refractivity contribution in [3.8, 4) is 5.75 Å². The Morgan fingerprint density at radius 2 is 2.07 bits per heavy atom. The Morgan fingerprint density at radius 3 is 2.53 bits per heavy atom. The Morgan fingerprint density at radius 1 is 1.40 bits per heavy atom. The van der Waals surface area contributed by atoms with Gasteiger partial charge in [-0.05, 0) is 49.8 Å². The van der Waals surface area contributed by atoms with Crippen LogP contribution in [-0.2, 0) is 0 Å². The topological polar surface area (TPSA) is 29.5 Å². The molecule has 82 valence electrons. The summed E-state index contributed by atoms with van der Waals surface area (Å²) in [6.07, 6.45) is 0.938. The quantitative estimate of drug-likeness (QED) is 0.820. The molecule has 0 heterocycles. The first-order chi connectivity index (χ1) is 7.22. The normalized spacial score (nSPS) is 26.1. The smallest absolute Gasteiger partial charge is 0.119 e. The van der Waals surface area contributed by atoms with Gasteiger partial charge in [0.2, 0.25) is 0 Å². The lowest BCUT2D eigenvalue weighted by atomic mass is 10.1. The molecule has 1 N–H and O–H groups in total. The van der Waals surface area contributed by atoms with E-state index < -0.39 is 0 Å². The first kappa shape index (κ1) is 10.5. The van der Waals surface area contributed by atoms with E-state index in [9.17, 15) is 5.11 Å². The maximum Gasteiger partial charge on any atom is 0.119 e. The highest BCUT2D eigenvalue weighted by atomic mass is 16.5. The molecule has 2 heteroatoms. The fourth-order valence-corrected chi connectivity index (χ4v) is 2.11. The van der Waals surface area contributed by atoms with Crippen molar-refractivity contribution < 1.29 is 9.84 Å². The average molecular weight is 206 g/mol. The third kappa shape index (κ3) is 2.32. The van der Waals surface area contributed by atoms with Crippen LogP contribution < -0.4 is 4.74 Å². The lowest BCUT2D eigenvalue weighted by molar-refractivity contribution is 0.169. The van der Waals surface area contributed by atoms with E-state index >= 15 is 0 Å². The van der Waals surface area contributed by atoms with Crippen molar-refractivity contribution in [2.75, 3.05) is 6.61 Å². The second-order valence-electron chi connectivity index (χ2n) is 4.25. The van der Waals surface area contributed by atoms with E-state index in [0.29, 0.717) is 18.4 Å². The van der Waals surface area contributed by atoms with Crippen molar-refractivity contribution in [3.05, 3.63) is 29.8 Å². The molecular formula is C13H18O2. The molecule has 0 aliphatic heterocycles. The minimum absolute atomic E-state index is 0.179. The van der Waals surface area contributed by atoms with Crippen molar-refractivity contribution in [2.45, 2.75) is 32.3 Å². The third-order valence-electron chi connectivity index (χ3n) is 3.08. The minimum atomic E-state index is -0.179. The summed E-state index contributed by atoms with van der Waals surface area (Å²) < 4.78 is 5.39. The molecule has 1 aliphatic rings. The van der Waals surface area contributed by atoms with Gasteiger partial charge in [0.05, 0.1) is 12.7 Å². The summed E-state index contributed by atoms with van der Waals surface area (Å²) in [6.45, 7) is 4.57. The molecule has 1 aliphatic carbocycles. The molecule has 3 atom stereocenters. The van der Waals surface area contributed by atoms with E-state index in [0.717, 1.165) is 12.2 Å². The molecule has 3 unspecified atom stereocenters. The molecule has 1 aromatic rings. The van der Waals surface area contributed by atoms with Crippen LogP contribution in [0.5, 0.6) is 5.75 Å². The van der Waals surface area contributed by atoms with Gasteiger partial charge in [-0.1, -0.05) is 12.1 Å². The van der Waals surface area contributed by atoms with Gasteiger partial charge in [-0.15, -0.1) is 0 Å². The average Bonchev–Trinajstić information content (AvgIpc) is 2.99. The first-order valence-electron chi connectivity index (χ1n) is 5.63. The first-order valence-corrected chi connectivity index (χ1v) is 5.63. The number of rotatable bonds is 4. The van der Waals surface area contributed by atoms with E-state index in [2.05, 4.69) is 12.1 Å². The lowest BCUT2D eigenvalue weighted by Gasteiger charge is -2.05. The molecule has 1 aromatic carbocycles. The fourth-order valence-electron chi connectivity index (χ4n) is 2.11. The maximum absolute atomic E-state index is 9.44. The molecule has 1 fully saturated rings. The van der Waals surface area contributed by atoms with Gasteiger partial charge in [-0.2, -0.15) is 0 Å². The van der Waals surface area contributed by atoms with Crippen molar-refractivity contribution in [2.24, 2.45) is 5.92 Å². The zero-order valence-electron chi connectivity index (χ0n) is 9.31. The van der Waals surface area contributed by atoms with Crippen molar-refractivity contribution in [1.29, 1.82) is 0 Å². The standard InChI is InChI=1S/C13H18O2/c1-3-15-11-6-4-10(5-7-11)13-8-12(13)9(2)14/h4-7,9,12-14H,3,8H2,1-2H3. The van der Waals surface area contributed by atoms with Crippen molar-refractivity contribution in [1.82, 2.24) is 0 Å². The molecule has 2 rings (SSSR count). The Hall–Kier alpha value is -1.02. The predicted molar refractivity (Wildman–Crippen MR) is 60.1 cm³/mol. The molecule has 0 spiro atoms. The summed E-state index contributed by atoms with van der Waals surface area (Å²) in [5.74, 6) is 1.94. The largest absolute Gasteiger partial charge is 0.494 e. The predicted octanol–water partition coefficient (Wildman–Crippen LogP) is 2.57. The van der Waals surface area contributed by atoms with E-state index in [1.165, 1.54) is 5.56 Å². The highest BCUT2D eigenvalue weighted by Gasteiger charge is 2.41. The molecule has 0 amide bonds. The van der Waals surface area contributed by atoms with Crippen LogP contribution in [0.4, 0.5) is 0 Å². The molecule has 2 nitrogen and oxygen atoms in total. The summed E-state index contributed by atoms with van der Waals surface area (Å²) in [4.78, 5) is 0. The molecule has 15 heavy (non-hydrogen) atoms. The van der Waals surface area contributed by atoms with Gasteiger partial charge in [-0.3, -0.25) is 0 Å². The number of hydrogen-bond acceptors (Lipinski definition) is 2. The van der Waals surface area contributed by atoms with Crippen LogP contribution >= 0.6 is 0 Å². The molecular weight excluding hydrogens is 188 g/mol. The Labute approximate surface area is 90.9 Å². The molecule has 0 saturated heterocycles. The minimum Gasteiger partial charge on any atom is -0.494 e. The summed E-state index contributed by atoms with van der Waals surface area (Å²) >= 11 is 0. The molecule has 1 saturated carbocycles. The van der Waals surface area contributed by atoms with Crippen LogP contribution in [0.1, 0.15) is 31.7 Å². The van der Waals surface area contributed by atoms with Crippen LogP contribution in [0.15, 0.2) is 24.3 Å². The monoisotopic (exact) mass is 206 g/mol. The van der Waals surface area contributed by atoms with Crippen LogP contribution in [0.3, 0.4) is 0 Å². The van der Waals surface area contributed by atoms with E-state index in [4.69, 9.17) is 4.74 Å². The zero-order valence-corrected chi connectivity index (χ0v) is 9.31. The summed E-state index contributed by atoms with van der Waals surface area (Å²) in [7, 11) is 0. The van der Waals surface area contributed by atoms with Gasteiger partial charge in [0.15, 0.2) is 0 Å². The van der Waals surface area contributed by atoms with Crippen molar-refractivity contribution >= 4 is 0 Å². The van der Waals surface area contributed by atoms with Gasteiger partial charge in [0, 0.05) is 0 Å². The second kappa shape index (κ2) is 4.23. The SMILES string of the molecule is CCOc1ccc(C2CC2C(C)O)cc1. The molecule has 0 radical (unpaired) electrons. The van der Waals surface area contributed by atoms with Crippen LogP contribution in [-0.4, -0.2) is 17.8 Å². The van der Waals surface area contributed by atoms with Crippen LogP contribution in [0.25, 0.3) is 0 Å². The van der Waals surface area contributed by atoms with Gasteiger partial charge < -0.3 is 9.84 Å². The van der Waals surface area contributed by atoms with Gasteiger partial charge in [0.25, 0.3) is 0 Å². The van der Waals surface area contributed by atoms with Gasteiger partial charge >= 0.3 is 0 Å². The van der Waals surface area contributed by atoms with Gasteiger partial charge in [0.1, 0.15) is 5.75 Å². The lowest BCUT2D eigenvalue weighted by Crippen LogP contribution is -2.03. The van der Waals surface area contributed by atoms with Gasteiger partial charge in [-0.25, -0.2) is 0 Å². The highest BCUT2D eigenvalue weighted by Crippen LogP contribution is 2.49. The number of hydrogen-bond donors (Lipinski definition) is 1. The maximum atomic E-state index is 9.44. The summed E-state index contributed by atoms with van der Waals surface area (Å²) in [5, 5.41) is 9.44. The fraction of sp³-hybridized carbons (Fsp3) is 0.538. The summed E-state index contributed by atoms with van der Waals surface area (Å²) in [5.41, 5.74) is 1.32. The molecule has 0 bridgehead atoms. The number of aliphatic hydroxyl groups excluding tert-OH is 1. The second-order valence-corrected chi connectivity index (χ2v) is 4.25. The van der Waals surface area contributed by atoms with E-state index in [1.807, 2.05) is 26.0 Å². The number of benzene rings is 1. The Bertz CT molecular complexity index is 316. The van der Waals surface area contributed by atoms with E-state index in [-0.39, 0.29) is 6.10 Å².